The monoisotopic (exact) mass is 309 g/mol. The van der Waals surface area contributed by atoms with Crippen LogP contribution in [-0.4, -0.2) is 10.2 Å². The fourth-order valence-electron chi connectivity index (χ4n) is 1.11. The molecule has 0 heterocycles. The van der Waals surface area contributed by atoms with E-state index in [4.69, 9.17) is 0 Å². The summed E-state index contributed by atoms with van der Waals surface area (Å²) < 4.78 is 37.0. The molecule has 1 aromatic carbocycles. The van der Waals surface area contributed by atoms with Gasteiger partial charge in [-0.25, -0.2) is 0 Å². The number of hydrogen-bond donors (Lipinski definition) is 1. The molecule has 94 valence electrons. The molecule has 0 aromatic heterocycles. The van der Waals surface area contributed by atoms with Crippen LogP contribution in [0.25, 0.3) is 0 Å². The average molecular weight is 310 g/mol. The smallest absolute Gasteiger partial charge is 0.324 e. The van der Waals surface area contributed by atoms with Crippen molar-refractivity contribution in [3.8, 4) is 0 Å². The summed E-state index contributed by atoms with van der Waals surface area (Å²) in [6.07, 6.45) is -4.49. The first-order chi connectivity index (χ1) is 7.62. The van der Waals surface area contributed by atoms with Gasteiger partial charge in [0.1, 0.15) is 0 Å². The van der Waals surface area contributed by atoms with Crippen molar-refractivity contribution >= 4 is 27.5 Å². The summed E-state index contributed by atoms with van der Waals surface area (Å²) in [6, 6.07) is 4.86. The summed E-state index contributed by atoms with van der Waals surface area (Å²) in [6.45, 7) is 3.11. The van der Waals surface area contributed by atoms with E-state index in [0.717, 1.165) is 6.07 Å². The van der Waals surface area contributed by atoms with E-state index in [1.165, 1.54) is 18.2 Å². The zero-order chi connectivity index (χ0) is 13.3. The van der Waals surface area contributed by atoms with Crippen molar-refractivity contribution in [2.24, 2.45) is 0 Å². The number of rotatable bonds is 2. The highest BCUT2D eigenvalue weighted by Gasteiger charge is 2.34. The minimum atomic E-state index is -4.49. The number of benzene rings is 1. The fraction of sp³-hybridized carbons (Fsp3) is 0.364. The van der Waals surface area contributed by atoms with E-state index in [1.807, 2.05) is 0 Å². The molecular formula is C11H11BrF3NO. The van der Waals surface area contributed by atoms with Crippen molar-refractivity contribution in [3.05, 3.63) is 29.8 Å². The summed E-state index contributed by atoms with van der Waals surface area (Å²) in [4.78, 5) is 11.6. The standard InChI is InChI=1S/C11H11BrF3NO/c1-10(2,12)9(17)16-8-6-4-3-5-7(8)11(13,14)15/h3-6H,1-2H3,(H,16,17). The molecule has 17 heavy (non-hydrogen) atoms. The topological polar surface area (TPSA) is 29.1 Å². The molecule has 0 spiro atoms. The zero-order valence-electron chi connectivity index (χ0n) is 9.23. The van der Waals surface area contributed by atoms with Crippen molar-refractivity contribution in [1.82, 2.24) is 0 Å². The summed E-state index contributed by atoms with van der Waals surface area (Å²) in [7, 11) is 0. The van der Waals surface area contributed by atoms with Crippen LogP contribution in [0, 0.1) is 0 Å². The molecule has 0 radical (unpaired) electrons. The summed E-state index contributed by atoms with van der Waals surface area (Å²) in [5.74, 6) is -0.533. The van der Waals surface area contributed by atoms with Crippen molar-refractivity contribution in [3.63, 3.8) is 0 Å². The fourth-order valence-corrected chi connectivity index (χ4v) is 1.21. The number of amides is 1. The van der Waals surface area contributed by atoms with Gasteiger partial charge in [0.05, 0.1) is 15.6 Å². The van der Waals surface area contributed by atoms with Crippen LogP contribution in [0.5, 0.6) is 0 Å². The van der Waals surface area contributed by atoms with Gasteiger partial charge in [0.25, 0.3) is 0 Å². The summed E-state index contributed by atoms with van der Waals surface area (Å²) >= 11 is 3.08. The third kappa shape index (κ3) is 3.73. The number of anilines is 1. The molecule has 0 unspecified atom stereocenters. The number of carbonyl (C=O) groups excluding carboxylic acids is 1. The van der Waals surface area contributed by atoms with Crippen LogP contribution >= 0.6 is 15.9 Å². The molecule has 1 aromatic rings. The maximum atomic E-state index is 12.6. The SMILES string of the molecule is CC(C)(Br)C(=O)Nc1ccccc1C(F)(F)F. The molecule has 0 aliphatic carbocycles. The molecule has 0 saturated heterocycles. The predicted octanol–water partition coefficient (Wildman–Crippen LogP) is 3.82. The van der Waals surface area contributed by atoms with Gasteiger partial charge in [-0.15, -0.1) is 0 Å². The second-order valence-corrected chi connectivity index (χ2v) is 5.95. The van der Waals surface area contributed by atoms with Crippen LogP contribution in [0.2, 0.25) is 0 Å². The lowest BCUT2D eigenvalue weighted by Gasteiger charge is -2.18. The highest BCUT2D eigenvalue weighted by atomic mass is 79.9. The molecule has 1 amide bonds. The lowest BCUT2D eigenvalue weighted by Crippen LogP contribution is -2.31. The number of carbonyl (C=O) groups is 1. The largest absolute Gasteiger partial charge is 0.418 e. The van der Waals surface area contributed by atoms with Gasteiger partial charge in [-0.1, -0.05) is 28.1 Å². The number of alkyl halides is 4. The van der Waals surface area contributed by atoms with Gasteiger partial charge >= 0.3 is 6.18 Å². The summed E-state index contributed by atoms with van der Waals surface area (Å²) in [5, 5.41) is 2.25. The minimum Gasteiger partial charge on any atom is -0.324 e. The first-order valence-corrected chi connectivity index (χ1v) is 5.58. The van der Waals surface area contributed by atoms with Gasteiger partial charge < -0.3 is 5.32 Å². The quantitative estimate of drug-likeness (QED) is 0.827. The Labute approximate surface area is 105 Å². The van der Waals surface area contributed by atoms with Crippen LogP contribution in [0.3, 0.4) is 0 Å². The Morgan fingerprint density at radius 2 is 1.76 bits per heavy atom. The molecular weight excluding hydrogens is 299 g/mol. The molecule has 0 aliphatic heterocycles. The van der Waals surface area contributed by atoms with Crippen molar-refractivity contribution < 1.29 is 18.0 Å². The Kier molecular flexibility index (Phi) is 3.86. The first kappa shape index (κ1) is 14.0. The van der Waals surface area contributed by atoms with Gasteiger partial charge in [0.2, 0.25) is 5.91 Å². The zero-order valence-corrected chi connectivity index (χ0v) is 10.8. The lowest BCUT2D eigenvalue weighted by molar-refractivity contribution is -0.137. The van der Waals surface area contributed by atoms with Gasteiger partial charge in [0, 0.05) is 0 Å². The predicted molar refractivity (Wildman–Crippen MR) is 63.1 cm³/mol. The highest BCUT2D eigenvalue weighted by molar-refractivity contribution is 9.10. The second kappa shape index (κ2) is 4.68. The Hall–Kier alpha value is -1.04. The highest BCUT2D eigenvalue weighted by Crippen LogP contribution is 2.35. The minimum absolute atomic E-state index is 0.238. The number of nitrogens with one attached hydrogen (secondary N) is 1. The van der Waals surface area contributed by atoms with Gasteiger partial charge in [-0.2, -0.15) is 13.2 Å². The van der Waals surface area contributed by atoms with Crippen LogP contribution < -0.4 is 5.32 Å². The van der Waals surface area contributed by atoms with Crippen molar-refractivity contribution in [2.75, 3.05) is 5.32 Å². The molecule has 0 atom stereocenters. The number of hydrogen-bond acceptors (Lipinski definition) is 1. The molecule has 1 rings (SSSR count). The van der Waals surface area contributed by atoms with Gasteiger partial charge in [-0.3, -0.25) is 4.79 Å². The lowest BCUT2D eigenvalue weighted by atomic mass is 10.1. The maximum absolute atomic E-state index is 12.6. The molecule has 1 N–H and O–H groups in total. The van der Waals surface area contributed by atoms with Gasteiger partial charge in [-0.05, 0) is 26.0 Å². The molecule has 0 aliphatic rings. The van der Waals surface area contributed by atoms with E-state index in [9.17, 15) is 18.0 Å². The van der Waals surface area contributed by atoms with Crippen LogP contribution in [0.1, 0.15) is 19.4 Å². The van der Waals surface area contributed by atoms with E-state index in [-0.39, 0.29) is 5.69 Å². The number of para-hydroxylation sites is 1. The third-order valence-corrected chi connectivity index (χ3v) is 2.38. The Bertz CT molecular complexity index is 423. The van der Waals surface area contributed by atoms with Gasteiger partial charge in [0.15, 0.2) is 0 Å². The van der Waals surface area contributed by atoms with Crippen molar-refractivity contribution in [2.45, 2.75) is 24.3 Å². The first-order valence-electron chi connectivity index (χ1n) is 4.79. The van der Waals surface area contributed by atoms with Crippen LogP contribution in [0.15, 0.2) is 24.3 Å². The van der Waals surface area contributed by atoms with E-state index >= 15 is 0 Å². The normalized spacial score (nSPS) is 12.4. The third-order valence-electron chi connectivity index (χ3n) is 2.02. The molecule has 2 nitrogen and oxygen atoms in total. The van der Waals surface area contributed by atoms with Crippen molar-refractivity contribution in [1.29, 1.82) is 0 Å². The van der Waals surface area contributed by atoms with E-state index in [0.29, 0.717) is 0 Å². The Morgan fingerprint density at radius 3 is 2.24 bits per heavy atom. The van der Waals surface area contributed by atoms with E-state index in [1.54, 1.807) is 13.8 Å². The molecule has 0 bridgehead atoms. The van der Waals surface area contributed by atoms with E-state index in [2.05, 4.69) is 21.2 Å². The van der Waals surface area contributed by atoms with E-state index < -0.39 is 22.0 Å². The Morgan fingerprint density at radius 1 is 1.24 bits per heavy atom. The Balaban J connectivity index is 3.04. The maximum Gasteiger partial charge on any atom is 0.418 e. The molecule has 6 heteroatoms. The number of halogens is 4. The van der Waals surface area contributed by atoms with Crippen LogP contribution in [-0.2, 0) is 11.0 Å². The van der Waals surface area contributed by atoms with Crippen LogP contribution in [0.4, 0.5) is 18.9 Å². The average Bonchev–Trinajstić information content (AvgIpc) is 2.15. The molecule has 0 saturated carbocycles. The summed E-state index contributed by atoms with van der Waals surface area (Å²) in [5.41, 5.74) is -1.09. The molecule has 0 fully saturated rings. The second-order valence-electron chi connectivity index (χ2n) is 3.97.